The number of phenolic OH excluding ortho intramolecular Hbond substituents is 2. The Balaban J connectivity index is 2.18. The minimum atomic E-state index is -1.03. The molecule has 0 aromatic heterocycles. The molecule has 1 saturated carbocycles. The second kappa shape index (κ2) is 5.00. The smallest absolute Gasteiger partial charge is 0.170 e. The van der Waals surface area contributed by atoms with E-state index in [2.05, 4.69) is 0 Å². The maximum Gasteiger partial charge on any atom is 0.170 e. The van der Waals surface area contributed by atoms with E-state index in [0.717, 1.165) is 0 Å². The monoisotopic (exact) mass is 292 g/mol. The maximum atomic E-state index is 12.6. The molecular weight excluding hydrogens is 272 g/mol. The highest BCUT2D eigenvalue weighted by Gasteiger charge is 2.47. The molecular formula is C16H20O5. The average molecular weight is 292 g/mol. The fourth-order valence-corrected chi connectivity index (χ4v) is 3.81. The largest absolute Gasteiger partial charge is 0.507 e. The van der Waals surface area contributed by atoms with Gasteiger partial charge < -0.3 is 20.4 Å². The molecule has 1 fully saturated rings. The Morgan fingerprint density at radius 1 is 1.24 bits per heavy atom. The third kappa shape index (κ3) is 2.03. The van der Waals surface area contributed by atoms with Gasteiger partial charge in [-0.25, -0.2) is 0 Å². The van der Waals surface area contributed by atoms with Gasteiger partial charge in [-0.3, -0.25) is 4.79 Å². The zero-order valence-corrected chi connectivity index (χ0v) is 11.9. The van der Waals surface area contributed by atoms with Crippen molar-refractivity contribution in [1.29, 1.82) is 0 Å². The molecule has 1 aromatic rings. The number of hydrogen-bond donors (Lipinski definition) is 4. The van der Waals surface area contributed by atoms with E-state index in [1.54, 1.807) is 0 Å². The van der Waals surface area contributed by atoms with E-state index in [1.165, 1.54) is 6.07 Å². The van der Waals surface area contributed by atoms with Gasteiger partial charge in [0.1, 0.15) is 11.5 Å². The summed E-state index contributed by atoms with van der Waals surface area (Å²) in [6.45, 7) is 1.82. The lowest BCUT2D eigenvalue weighted by Gasteiger charge is -2.41. The lowest BCUT2D eigenvalue weighted by molar-refractivity contribution is -0.00810. The van der Waals surface area contributed by atoms with Gasteiger partial charge in [-0.05, 0) is 37.3 Å². The van der Waals surface area contributed by atoms with Crippen LogP contribution in [0.2, 0.25) is 0 Å². The van der Waals surface area contributed by atoms with Gasteiger partial charge in [-0.15, -0.1) is 0 Å². The Hall–Kier alpha value is -1.59. The molecule has 0 aliphatic heterocycles. The molecule has 114 valence electrons. The van der Waals surface area contributed by atoms with Crippen LogP contribution in [0, 0.1) is 11.8 Å². The van der Waals surface area contributed by atoms with Crippen LogP contribution in [-0.4, -0.2) is 32.3 Å². The summed E-state index contributed by atoms with van der Waals surface area (Å²) in [7, 11) is 0. The van der Waals surface area contributed by atoms with Crippen LogP contribution in [-0.2, 0) is 6.42 Å². The van der Waals surface area contributed by atoms with E-state index >= 15 is 0 Å². The van der Waals surface area contributed by atoms with Crippen molar-refractivity contribution in [2.24, 2.45) is 11.8 Å². The van der Waals surface area contributed by atoms with Crippen molar-refractivity contribution in [3.63, 3.8) is 0 Å². The number of Topliss-reactive ketones (excluding diaryl/α,β-unsaturated/α-hetero) is 1. The molecule has 0 amide bonds. The maximum absolute atomic E-state index is 12.6. The molecule has 5 nitrogen and oxygen atoms in total. The summed E-state index contributed by atoms with van der Waals surface area (Å²) in [4.78, 5) is 12.6. The number of fused-ring (bicyclic) bond motifs is 2. The number of aliphatic hydroxyl groups is 2. The molecule has 0 heterocycles. The van der Waals surface area contributed by atoms with Crippen LogP contribution < -0.4 is 0 Å². The van der Waals surface area contributed by atoms with Crippen molar-refractivity contribution in [1.82, 2.24) is 0 Å². The molecule has 5 heteroatoms. The number of benzene rings is 1. The van der Waals surface area contributed by atoms with Gasteiger partial charge in [0.05, 0.1) is 17.8 Å². The number of hydrogen-bond acceptors (Lipinski definition) is 5. The molecule has 21 heavy (non-hydrogen) atoms. The standard InChI is InChI=1S/C16H20O5/c1-2-7-5-11(18)12-13(14(7)19)16(21)10-6-8(17)3-4-9(10)15(12)20/h5,8-10,16-19,21H,2-4,6H2,1H3/t8-,9-,10-,16+/m0/s1. The number of carbonyl (C=O) groups is 1. The topological polar surface area (TPSA) is 98.0 Å². The van der Waals surface area contributed by atoms with Crippen molar-refractivity contribution >= 4 is 5.78 Å². The molecule has 0 saturated heterocycles. The van der Waals surface area contributed by atoms with Crippen LogP contribution in [0.5, 0.6) is 11.5 Å². The minimum absolute atomic E-state index is 0.0508. The van der Waals surface area contributed by atoms with Gasteiger partial charge in [0.25, 0.3) is 0 Å². The molecule has 3 rings (SSSR count). The fourth-order valence-electron chi connectivity index (χ4n) is 3.81. The zero-order chi connectivity index (χ0) is 15.3. The first kappa shape index (κ1) is 14.4. The average Bonchev–Trinajstić information content (AvgIpc) is 2.46. The van der Waals surface area contributed by atoms with Crippen LogP contribution in [0.4, 0.5) is 0 Å². The lowest BCUT2D eigenvalue weighted by atomic mass is 9.65. The zero-order valence-electron chi connectivity index (χ0n) is 11.9. The molecule has 2 aliphatic carbocycles. The predicted octanol–water partition coefficient (Wildman–Crippen LogP) is 1.67. The number of aliphatic hydroxyl groups excluding tert-OH is 2. The Morgan fingerprint density at radius 2 is 1.95 bits per heavy atom. The second-order valence-electron chi connectivity index (χ2n) is 6.09. The third-order valence-electron chi connectivity index (χ3n) is 4.93. The summed E-state index contributed by atoms with van der Waals surface area (Å²) in [5.41, 5.74) is 0.690. The number of ketones is 1. The molecule has 4 N–H and O–H groups in total. The fraction of sp³-hybridized carbons (Fsp3) is 0.562. The van der Waals surface area contributed by atoms with E-state index in [1.807, 2.05) is 6.92 Å². The van der Waals surface area contributed by atoms with E-state index in [-0.39, 0.29) is 28.4 Å². The van der Waals surface area contributed by atoms with Crippen molar-refractivity contribution in [2.45, 2.75) is 44.8 Å². The summed E-state index contributed by atoms with van der Waals surface area (Å²) < 4.78 is 0. The summed E-state index contributed by atoms with van der Waals surface area (Å²) in [6, 6.07) is 1.40. The minimum Gasteiger partial charge on any atom is -0.507 e. The quantitative estimate of drug-likeness (QED) is 0.590. The van der Waals surface area contributed by atoms with Gasteiger partial charge >= 0.3 is 0 Å². The summed E-state index contributed by atoms with van der Waals surface area (Å²) in [5, 5.41) is 40.8. The van der Waals surface area contributed by atoms with Crippen LogP contribution in [0.1, 0.15) is 53.8 Å². The second-order valence-corrected chi connectivity index (χ2v) is 6.09. The first-order valence-electron chi connectivity index (χ1n) is 7.43. The highest BCUT2D eigenvalue weighted by molar-refractivity contribution is 6.04. The third-order valence-corrected chi connectivity index (χ3v) is 4.93. The number of phenols is 2. The Labute approximate surface area is 122 Å². The van der Waals surface area contributed by atoms with Gasteiger partial charge in [0, 0.05) is 17.4 Å². The Bertz CT molecular complexity index is 595. The van der Waals surface area contributed by atoms with Gasteiger partial charge in [-0.2, -0.15) is 0 Å². The molecule has 0 spiro atoms. The van der Waals surface area contributed by atoms with Crippen molar-refractivity contribution in [3.8, 4) is 11.5 Å². The molecule has 4 atom stereocenters. The van der Waals surface area contributed by atoms with E-state index in [0.29, 0.717) is 31.2 Å². The first-order valence-corrected chi connectivity index (χ1v) is 7.43. The predicted molar refractivity (Wildman–Crippen MR) is 75.3 cm³/mol. The van der Waals surface area contributed by atoms with E-state index in [9.17, 15) is 25.2 Å². The molecule has 0 radical (unpaired) electrons. The van der Waals surface area contributed by atoms with Crippen LogP contribution >= 0.6 is 0 Å². The normalized spacial score (nSPS) is 31.7. The number of rotatable bonds is 1. The number of carbonyl (C=O) groups excluding carboxylic acids is 1. The molecule has 1 aromatic carbocycles. The van der Waals surface area contributed by atoms with Crippen molar-refractivity contribution in [2.75, 3.05) is 0 Å². The highest BCUT2D eigenvalue weighted by atomic mass is 16.3. The van der Waals surface area contributed by atoms with Crippen LogP contribution in [0.25, 0.3) is 0 Å². The van der Waals surface area contributed by atoms with Gasteiger partial charge in [0.15, 0.2) is 5.78 Å². The molecule has 2 aliphatic rings. The van der Waals surface area contributed by atoms with E-state index in [4.69, 9.17) is 0 Å². The Morgan fingerprint density at radius 3 is 2.62 bits per heavy atom. The highest BCUT2D eigenvalue weighted by Crippen LogP contribution is 2.51. The lowest BCUT2D eigenvalue weighted by Crippen LogP contribution is -2.40. The summed E-state index contributed by atoms with van der Waals surface area (Å²) in [6.07, 6.45) is 0.291. The number of aromatic hydroxyl groups is 2. The van der Waals surface area contributed by atoms with Crippen molar-refractivity contribution in [3.05, 3.63) is 22.8 Å². The van der Waals surface area contributed by atoms with E-state index < -0.39 is 24.0 Å². The summed E-state index contributed by atoms with van der Waals surface area (Å²) in [5.74, 6) is -1.31. The number of aryl methyl sites for hydroxylation is 1. The van der Waals surface area contributed by atoms with Crippen LogP contribution in [0.15, 0.2) is 6.07 Å². The summed E-state index contributed by atoms with van der Waals surface area (Å²) >= 11 is 0. The SMILES string of the molecule is CCc1cc(O)c2c(c1O)[C@H](O)[C@H]1C[C@@H](O)CC[C@@H]1C2=O. The van der Waals surface area contributed by atoms with Crippen molar-refractivity contribution < 1.29 is 25.2 Å². The Kier molecular flexibility index (Phi) is 3.42. The van der Waals surface area contributed by atoms with Crippen LogP contribution in [0.3, 0.4) is 0 Å². The molecule has 0 unspecified atom stereocenters. The molecule has 0 bridgehead atoms. The van der Waals surface area contributed by atoms with Gasteiger partial charge in [-0.1, -0.05) is 6.92 Å². The first-order chi connectivity index (χ1) is 9.95. The van der Waals surface area contributed by atoms with Gasteiger partial charge in [0.2, 0.25) is 0 Å².